The van der Waals surface area contributed by atoms with Crippen LogP contribution in [0.2, 0.25) is 0 Å². The molecule has 4 nitrogen and oxygen atoms in total. The minimum absolute atomic E-state index is 0.380. The maximum atomic E-state index is 9.80. The second-order valence-electron chi connectivity index (χ2n) is 5.42. The molecule has 0 heterocycles. The van der Waals surface area contributed by atoms with Crippen LogP contribution < -0.4 is 5.32 Å². The van der Waals surface area contributed by atoms with Gasteiger partial charge in [0.05, 0.1) is 18.8 Å². The van der Waals surface area contributed by atoms with Gasteiger partial charge in [0.1, 0.15) is 0 Å². The van der Waals surface area contributed by atoms with E-state index in [1.54, 1.807) is 0 Å². The minimum Gasteiger partial charge on any atom is -0.389 e. The lowest BCUT2D eigenvalue weighted by atomic mass is 9.98. The van der Waals surface area contributed by atoms with Gasteiger partial charge in [0.2, 0.25) is 0 Å². The molecule has 1 atom stereocenters. The van der Waals surface area contributed by atoms with Crippen LogP contribution >= 0.6 is 0 Å². The molecule has 1 saturated carbocycles. The fourth-order valence-corrected chi connectivity index (χ4v) is 2.35. The fourth-order valence-electron chi connectivity index (χ4n) is 2.35. The zero-order valence-corrected chi connectivity index (χ0v) is 12.4. The van der Waals surface area contributed by atoms with E-state index in [4.69, 9.17) is 9.47 Å². The molecule has 0 bridgehead atoms. The van der Waals surface area contributed by atoms with Gasteiger partial charge < -0.3 is 19.9 Å². The molecule has 0 saturated heterocycles. The van der Waals surface area contributed by atoms with Gasteiger partial charge in [-0.25, -0.2) is 0 Å². The summed E-state index contributed by atoms with van der Waals surface area (Å²) < 4.78 is 11.1. The van der Waals surface area contributed by atoms with Crippen molar-refractivity contribution in [1.29, 1.82) is 0 Å². The van der Waals surface area contributed by atoms with Gasteiger partial charge in [-0.3, -0.25) is 0 Å². The minimum atomic E-state index is -0.390. The smallest absolute Gasteiger partial charge is 0.0897 e. The van der Waals surface area contributed by atoms with Crippen molar-refractivity contribution in [1.82, 2.24) is 5.32 Å². The highest BCUT2D eigenvalue weighted by molar-refractivity contribution is 4.67. The predicted molar refractivity (Wildman–Crippen MR) is 77.4 cm³/mol. The molecule has 4 heteroatoms. The highest BCUT2D eigenvalue weighted by atomic mass is 16.5. The Morgan fingerprint density at radius 2 is 2.00 bits per heavy atom. The SMILES string of the molecule is CCCOCCCNCC(O)COC1CCCCC1. The molecular formula is C15H31NO3. The molecule has 1 aliphatic rings. The maximum Gasteiger partial charge on any atom is 0.0897 e. The summed E-state index contributed by atoms with van der Waals surface area (Å²) in [5.74, 6) is 0. The number of rotatable bonds is 11. The van der Waals surface area contributed by atoms with Gasteiger partial charge in [-0.2, -0.15) is 0 Å². The van der Waals surface area contributed by atoms with E-state index in [0.29, 0.717) is 19.3 Å². The van der Waals surface area contributed by atoms with E-state index >= 15 is 0 Å². The van der Waals surface area contributed by atoms with Crippen LogP contribution in [0.15, 0.2) is 0 Å². The van der Waals surface area contributed by atoms with Crippen LogP contribution in [0.4, 0.5) is 0 Å². The number of nitrogens with one attached hydrogen (secondary N) is 1. The lowest BCUT2D eigenvalue weighted by Gasteiger charge is -2.23. The van der Waals surface area contributed by atoms with Crippen molar-refractivity contribution in [2.45, 2.75) is 64.1 Å². The number of ether oxygens (including phenoxy) is 2. The van der Waals surface area contributed by atoms with Gasteiger partial charge in [-0.15, -0.1) is 0 Å². The monoisotopic (exact) mass is 273 g/mol. The molecule has 114 valence electrons. The molecule has 19 heavy (non-hydrogen) atoms. The van der Waals surface area contributed by atoms with Crippen LogP contribution in [0.25, 0.3) is 0 Å². The van der Waals surface area contributed by atoms with E-state index < -0.39 is 6.10 Å². The molecule has 1 unspecified atom stereocenters. The Morgan fingerprint density at radius 1 is 1.21 bits per heavy atom. The standard InChI is InChI=1S/C15H31NO3/c1-2-10-18-11-6-9-16-12-14(17)13-19-15-7-4-3-5-8-15/h14-17H,2-13H2,1H3. The summed E-state index contributed by atoms with van der Waals surface area (Å²) >= 11 is 0. The second-order valence-corrected chi connectivity index (χ2v) is 5.42. The molecule has 0 aromatic rings. The Labute approximate surface area is 117 Å². The van der Waals surface area contributed by atoms with E-state index in [-0.39, 0.29) is 0 Å². The molecule has 0 amide bonds. The molecule has 0 aromatic carbocycles. The van der Waals surface area contributed by atoms with E-state index in [9.17, 15) is 5.11 Å². The first-order chi connectivity index (χ1) is 9.33. The topological polar surface area (TPSA) is 50.7 Å². The number of hydrogen-bond donors (Lipinski definition) is 2. The molecule has 0 spiro atoms. The second kappa shape index (κ2) is 11.6. The Kier molecular flexibility index (Phi) is 10.4. The molecule has 0 radical (unpaired) electrons. The fraction of sp³-hybridized carbons (Fsp3) is 1.00. The van der Waals surface area contributed by atoms with E-state index in [1.165, 1.54) is 19.3 Å². The Hall–Kier alpha value is -0.160. The van der Waals surface area contributed by atoms with Crippen molar-refractivity contribution in [2.75, 3.05) is 32.9 Å². The van der Waals surface area contributed by atoms with Crippen molar-refractivity contribution in [3.63, 3.8) is 0 Å². The quantitative estimate of drug-likeness (QED) is 0.566. The first-order valence-corrected chi connectivity index (χ1v) is 7.91. The highest BCUT2D eigenvalue weighted by Gasteiger charge is 2.15. The first kappa shape index (κ1) is 16.9. The van der Waals surface area contributed by atoms with Crippen molar-refractivity contribution < 1.29 is 14.6 Å². The summed E-state index contributed by atoms with van der Waals surface area (Å²) in [4.78, 5) is 0. The summed E-state index contributed by atoms with van der Waals surface area (Å²) in [6.07, 6.45) is 8.27. The van der Waals surface area contributed by atoms with Gasteiger partial charge in [0, 0.05) is 19.8 Å². The first-order valence-electron chi connectivity index (χ1n) is 7.91. The zero-order chi connectivity index (χ0) is 13.8. The summed E-state index contributed by atoms with van der Waals surface area (Å²) in [5.41, 5.74) is 0. The highest BCUT2D eigenvalue weighted by Crippen LogP contribution is 2.20. The molecule has 2 N–H and O–H groups in total. The molecule has 1 rings (SSSR count). The van der Waals surface area contributed by atoms with E-state index in [0.717, 1.165) is 45.4 Å². The maximum absolute atomic E-state index is 9.80. The van der Waals surface area contributed by atoms with Crippen molar-refractivity contribution in [2.24, 2.45) is 0 Å². The van der Waals surface area contributed by atoms with Crippen LogP contribution in [-0.4, -0.2) is 50.2 Å². The Morgan fingerprint density at radius 3 is 2.74 bits per heavy atom. The van der Waals surface area contributed by atoms with Gasteiger partial charge in [0.15, 0.2) is 0 Å². The third-order valence-corrected chi connectivity index (χ3v) is 3.45. The van der Waals surface area contributed by atoms with Crippen molar-refractivity contribution >= 4 is 0 Å². The number of aliphatic hydroxyl groups excluding tert-OH is 1. The van der Waals surface area contributed by atoms with Gasteiger partial charge >= 0.3 is 0 Å². The summed E-state index contributed by atoms with van der Waals surface area (Å²) in [7, 11) is 0. The van der Waals surface area contributed by atoms with Crippen LogP contribution in [0.3, 0.4) is 0 Å². The third-order valence-electron chi connectivity index (χ3n) is 3.45. The van der Waals surface area contributed by atoms with E-state index in [2.05, 4.69) is 12.2 Å². The molecular weight excluding hydrogens is 242 g/mol. The lowest BCUT2D eigenvalue weighted by molar-refractivity contribution is -0.0230. The predicted octanol–water partition coefficient (Wildman–Crippen LogP) is 2.10. The Bertz CT molecular complexity index is 196. The number of aliphatic hydroxyl groups is 1. The summed E-state index contributed by atoms with van der Waals surface area (Å²) in [6, 6.07) is 0. The van der Waals surface area contributed by atoms with Gasteiger partial charge in [-0.05, 0) is 32.2 Å². The van der Waals surface area contributed by atoms with E-state index in [1.807, 2.05) is 0 Å². The average molecular weight is 273 g/mol. The average Bonchev–Trinajstić information content (AvgIpc) is 2.45. The van der Waals surface area contributed by atoms with Gasteiger partial charge in [0.25, 0.3) is 0 Å². The summed E-state index contributed by atoms with van der Waals surface area (Å²) in [5, 5.41) is 13.0. The van der Waals surface area contributed by atoms with Crippen molar-refractivity contribution in [3.8, 4) is 0 Å². The summed E-state index contributed by atoms with van der Waals surface area (Å²) in [6.45, 7) is 5.73. The zero-order valence-electron chi connectivity index (χ0n) is 12.4. The largest absolute Gasteiger partial charge is 0.389 e. The molecule has 0 aliphatic heterocycles. The number of hydrogen-bond acceptors (Lipinski definition) is 4. The van der Waals surface area contributed by atoms with Crippen LogP contribution in [0.1, 0.15) is 51.9 Å². The van der Waals surface area contributed by atoms with Crippen LogP contribution in [0.5, 0.6) is 0 Å². The molecule has 1 aliphatic carbocycles. The Balaban J connectivity index is 1.85. The molecule has 1 fully saturated rings. The van der Waals surface area contributed by atoms with Crippen LogP contribution in [-0.2, 0) is 9.47 Å². The van der Waals surface area contributed by atoms with Crippen molar-refractivity contribution in [3.05, 3.63) is 0 Å². The molecule has 0 aromatic heterocycles. The lowest BCUT2D eigenvalue weighted by Crippen LogP contribution is -2.33. The van der Waals surface area contributed by atoms with Crippen LogP contribution in [0, 0.1) is 0 Å². The third kappa shape index (κ3) is 9.38. The van der Waals surface area contributed by atoms with Gasteiger partial charge in [-0.1, -0.05) is 26.2 Å². The normalized spacial score (nSPS) is 18.6.